The molecule has 3 aromatic heterocycles. The summed E-state index contributed by atoms with van der Waals surface area (Å²) in [6, 6.07) is 5.59. The summed E-state index contributed by atoms with van der Waals surface area (Å²) in [5, 5.41) is 7.52. The zero-order valence-corrected chi connectivity index (χ0v) is 18.4. The molecule has 4 aromatic rings. The summed E-state index contributed by atoms with van der Waals surface area (Å²) in [5.41, 5.74) is 0.238. The van der Waals surface area contributed by atoms with Crippen LogP contribution in [0, 0.1) is 23.3 Å². The molecule has 5 rings (SSSR count). The number of nitrogens with one attached hydrogen (secondary N) is 1. The molecule has 1 atom stereocenters. The Labute approximate surface area is 192 Å². The number of pyridine rings is 1. The van der Waals surface area contributed by atoms with Gasteiger partial charge in [0, 0.05) is 26.0 Å². The van der Waals surface area contributed by atoms with E-state index in [2.05, 4.69) is 25.1 Å². The number of anilines is 1. The van der Waals surface area contributed by atoms with Gasteiger partial charge in [0.2, 0.25) is 0 Å². The van der Waals surface area contributed by atoms with E-state index in [1.165, 1.54) is 19.0 Å². The second-order valence-electron chi connectivity index (χ2n) is 8.32. The molecule has 178 valence electrons. The van der Waals surface area contributed by atoms with Crippen LogP contribution in [0.4, 0.5) is 23.6 Å². The van der Waals surface area contributed by atoms with Crippen LogP contribution in [0.1, 0.15) is 31.0 Å². The summed E-state index contributed by atoms with van der Waals surface area (Å²) in [6.07, 6.45) is 6.01. The second-order valence-corrected chi connectivity index (χ2v) is 8.32. The summed E-state index contributed by atoms with van der Waals surface area (Å²) in [5.74, 6) is -7.00. The van der Waals surface area contributed by atoms with E-state index in [0.29, 0.717) is 0 Å². The number of aromatic amines is 1. The lowest BCUT2D eigenvalue weighted by atomic mass is 10.1. The van der Waals surface area contributed by atoms with Gasteiger partial charge in [-0.3, -0.25) is 4.98 Å². The van der Waals surface area contributed by atoms with E-state index in [9.17, 15) is 17.6 Å². The van der Waals surface area contributed by atoms with Gasteiger partial charge in [0.05, 0.1) is 28.2 Å². The molecule has 1 aromatic carbocycles. The highest BCUT2D eigenvalue weighted by molar-refractivity contribution is 5.94. The smallest absolute Gasteiger partial charge is 0.318 e. The van der Waals surface area contributed by atoms with Crippen LogP contribution in [0.2, 0.25) is 0 Å². The van der Waals surface area contributed by atoms with Crippen LogP contribution < -0.4 is 4.90 Å². The van der Waals surface area contributed by atoms with Crippen molar-refractivity contribution in [3.63, 3.8) is 0 Å². The summed E-state index contributed by atoms with van der Waals surface area (Å²) in [6.45, 7) is 2.98. The van der Waals surface area contributed by atoms with Gasteiger partial charge >= 0.3 is 6.01 Å². The van der Waals surface area contributed by atoms with Crippen molar-refractivity contribution in [2.24, 2.45) is 0 Å². The minimum atomic E-state index is -1.90. The van der Waals surface area contributed by atoms with Crippen LogP contribution in [0.25, 0.3) is 22.4 Å². The highest BCUT2D eigenvalue weighted by Crippen LogP contribution is 2.36. The topological polar surface area (TPSA) is 74.1 Å². The Morgan fingerprint density at radius 3 is 2.56 bits per heavy atom. The zero-order valence-electron chi connectivity index (χ0n) is 18.4. The fourth-order valence-corrected chi connectivity index (χ4v) is 4.43. The van der Waals surface area contributed by atoms with Crippen molar-refractivity contribution < 1.29 is 22.0 Å². The number of hydrogen-bond donors (Lipinski definition) is 1. The number of H-pyrrole nitrogens is 1. The average molecular weight is 474 g/mol. The Hall–Kier alpha value is -3.47. The van der Waals surface area contributed by atoms with Gasteiger partial charge in [0.1, 0.15) is 0 Å². The summed E-state index contributed by atoms with van der Waals surface area (Å²) >= 11 is 0. The zero-order chi connectivity index (χ0) is 23.8. The maximum atomic E-state index is 14.5. The molecule has 0 radical (unpaired) electrons. The molecule has 0 unspecified atom stereocenters. The maximum Gasteiger partial charge on any atom is 0.318 e. The molecule has 0 spiro atoms. The largest absolute Gasteiger partial charge is 0.403 e. The van der Waals surface area contributed by atoms with Crippen LogP contribution in [0.3, 0.4) is 0 Å². The molecule has 1 N–H and O–H groups in total. The third kappa shape index (κ3) is 3.89. The lowest BCUT2D eigenvalue weighted by molar-refractivity contribution is 0.317. The van der Waals surface area contributed by atoms with E-state index in [1.54, 1.807) is 18.1 Å². The van der Waals surface area contributed by atoms with E-state index in [0.717, 1.165) is 31.7 Å². The quantitative estimate of drug-likeness (QED) is 0.235. The lowest BCUT2D eigenvalue weighted by Gasteiger charge is -2.27. The molecule has 0 bridgehead atoms. The molecule has 1 aliphatic rings. The number of aromatic nitrogens is 4. The van der Waals surface area contributed by atoms with Crippen LogP contribution >= 0.6 is 0 Å². The molecular formula is C23H22F4N6O. The van der Waals surface area contributed by atoms with Crippen LogP contribution in [-0.2, 0) is 0 Å². The number of rotatable bonds is 7. The van der Waals surface area contributed by atoms with Crippen LogP contribution in [0.5, 0.6) is 0 Å². The highest BCUT2D eigenvalue weighted by atomic mass is 19.2. The lowest BCUT2D eigenvalue weighted by Crippen LogP contribution is -2.30. The third-order valence-electron chi connectivity index (χ3n) is 6.26. The Morgan fingerprint density at radius 1 is 1.06 bits per heavy atom. The van der Waals surface area contributed by atoms with Gasteiger partial charge in [0.25, 0.3) is 5.89 Å². The Morgan fingerprint density at radius 2 is 1.82 bits per heavy atom. The van der Waals surface area contributed by atoms with Gasteiger partial charge in [-0.1, -0.05) is 11.2 Å². The van der Waals surface area contributed by atoms with Crippen LogP contribution in [-0.4, -0.2) is 51.7 Å². The number of likely N-dealkylation sites (tertiary alicyclic amines) is 1. The van der Waals surface area contributed by atoms with E-state index in [1.807, 2.05) is 18.2 Å². The van der Waals surface area contributed by atoms with E-state index in [4.69, 9.17) is 4.42 Å². The Bertz CT molecular complexity index is 1300. The second kappa shape index (κ2) is 9.05. The first-order valence-corrected chi connectivity index (χ1v) is 11.0. The molecule has 0 saturated carbocycles. The van der Waals surface area contributed by atoms with Crippen molar-refractivity contribution >= 4 is 16.9 Å². The van der Waals surface area contributed by atoms with Crippen molar-refractivity contribution in [2.45, 2.75) is 25.3 Å². The number of hydrogen-bond acceptors (Lipinski definition) is 6. The molecule has 11 heteroatoms. The Kier molecular flexibility index (Phi) is 5.94. The standard InChI is InChI=1S/C23H22F4N6O/c1-32(15(14-6-2-3-8-28-14)7-11-33-9-4-5-10-33)23-31-30-22(34-23)13-12-29-21-16(13)17(24)18(25)19(26)20(21)27/h2-3,6,8,12,15,29H,4-5,7,9-11H2,1H3/t15-/m1/s1. The van der Waals surface area contributed by atoms with Gasteiger partial charge in [-0.05, 0) is 44.5 Å². The van der Waals surface area contributed by atoms with Crippen molar-refractivity contribution in [1.82, 2.24) is 25.1 Å². The highest BCUT2D eigenvalue weighted by Gasteiger charge is 2.28. The number of halogens is 4. The van der Waals surface area contributed by atoms with Crippen molar-refractivity contribution in [3.05, 3.63) is 59.6 Å². The summed E-state index contributed by atoms with van der Waals surface area (Å²) in [4.78, 5) is 11.1. The predicted octanol–water partition coefficient (Wildman–Crippen LogP) is 4.83. The first-order valence-electron chi connectivity index (χ1n) is 11.0. The minimum Gasteiger partial charge on any atom is -0.403 e. The number of nitrogens with zero attached hydrogens (tertiary/aromatic N) is 5. The molecule has 7 nitrogen and oxygen atoms in total. The normalized spacial score (nSPS) is 15.3. The maximum absolute atomic E-state index is 14.5. The fraction of sp³-hybridized carbons (Fsp3) is 0.348. The fourth-order valence-electron chi connectivity index (χ4n) is 4.43. The molecule has 34 heavy (non-hydrogen) atoms. The van der Waals surface area contributed by atoms with Crippen LogP contribution in [0.15, 0.2) is 35.0 Å². The predicted molar refractivity (Wildman–Crippen MR) is 117 cm³/mol. The average Bonchev–Trinajstić information content (AvgIpc) is 3.62. The summed E-state index contributed by atoms with van der Waals surface area (Å²) < 4.78 is 61.8. The SMILES string of the molecule is CN(c1nnc(-c2c[nH]c3c(F)c(F)c(F)c(F)c23)o1)[C@H](CCN1CCCC1)c1ccccn1. The van der Waals surface area contributed by atoms with Gasteiger partial charge in [-0.2, -0.15) is 0 Å². The Balaban J connectivity index is 1.47. The molecule has 0 amide bonds. The monoisotopic (exact) mass is 474 g/mol. The van der Waals surface area contributed by atoms with Crippen molar-refractivity contribution in [3.8, 4) is 11.5 Å². The molecular weight excluding hydrogens is 452 g/mol. The van der Waals surface area contributed by atoms with Crippen molar-refractivity contribution in [2.75, 3.05) is 31.6 Å². The summed E-state index contributed by atoms with van der Waals surface area (Å²) in [7, 11) is 1.78. The molecule has 1 saturated heterocycles. The van der Waals surface area contributed by atoms with E-state index >= 15 is 0 Å². The number of fused-ring (bicyclic) bond motifs is 1. The molecule has 1 aliphatic heterocycles. The minimum absolute atomic E-state index is 0.0658. The van der Waals surface area contributed by atoms with E-state index < -0.39 is 34.2 Å². The molecule has 0 aliphatic carbocycles. The van der Waals surface area contributed by atoms with Gasteiger partial charge in [-0.25, -0.2) is 17.6 Å². The van der Waals surface area contributed by atoms with Gasteiger partial charge < -0.3 is 19.2 Å². The first kappa shape index (κ1) is 22.3. The molecule has 4 heterocycles. The van der Waals surface area contributed by atoms with Gasteiger partial charge in [0.15, 0.2) is 23.3 Å². The number of benzene rings is 1. The van der Waals surface area contributed by atoms with Gasteiger partial charge in [-0.15, -0.1) is 5.10 Å². The molecule has 1 fully saturated rings. The first-order chi connectivity index (χ1) is 16.5. The third-order valence-corrected chi connectivity index (χ3v) is 6.26. The van der Waals surface area contributed by atoms with Crippen molar-refractivity contribution in [1.29, 1.82) is 0 Å². The van der Waals surface area contributed by atoms with E-state index in [-0.39, 0.29) is 23.5 Å².